The molecule has 31 heavy (non-hydrogen) atoms. The number of carboxylic acids is 3. The number of likely N-dealkylation sites (N-methyl/N-ethyl adjacent to an activating group) is 1. The van der Waals surface area contributed by atoms with E-state index in [1.165, 1.54) is 0 Å². The Kier molecular flexibility index (Phi) is 14.1. The molecule has 1 aromatic heterocycles. The van der Waals surface area contributed by atoms with Crippen LogP contribution in [0.15, 0.2) is 18.2 Å². The molecule has 2 heterocycles. The quantitative estimate of drug-likeness (QED) is 0.370. The van der Waals surface area contributed by atoms with E-state index in [1.807, 2.05) is 25.1 Å². The molecule has 1 aliphatic heterocycles. The van der Waals surface area contributed by atoms with Crippen LogP contribution in [0.25, 0.3) is 0 Å². The molecule has 0 aliphatic carbocycles. The van der Waals surface area contributed by atoms with Gasteiger partial charge in [0, 0.05) is 39.3 Å². The Morgan fingerprint density at radius 3 is 2.00 bits per heavy atom. The zero-order valence-electron chi connectivity index (χ0n) is 17.4. The van der Waals surface area contributed by atoms with Crippen LogP contribution in [0.1, 0.15) is 24.7 Å². The molecule has 2 bridgehead atoms. The van der Waals surface area contributed by atoms with Crippen molar-refractivity contribution in [1.82, 2.24) is 19.7 Å². The van der Waals surface area contributed by atoms with E-state index < -0.39 is 30.4 Å². The summed E-state index contributed by atoms with van der Waals surface area (Å²) in [5.74, 6) is -3.37. The maximum atomic E-state index is 11.7. The Hall–Kier alpha value is -1.28. The van der Waals surface area contributed by atoms with E-state index >= 15 is 0 Å². The Labute approximate surface area is 213 Å². The van der Waals surface area contributed by atoms with Gasteiger partial charge in [0.2, 0.25) is 0 Å². The van der Waals surface area contributed by atoms with Gasteiger partial charge >= 0.3 is 57.8 Å². The van der Waals surface area contributed by atoms with E-state index in [0.29, 0.717) is 26.2 Å². The molecule has 0 amide bonds. The summed E-state index contributed by atoms with van der Waals surface area (Å²) in [6, 6.07) is 4.47. The number of rotatable bonds is 7. The van der Waals surface area contributed by atoms with E-state index in [2.05, 4.69) is 9.88 Å². The maximum absolute atomic E-state index is 11.7. The smallest absolute Gasteiger partial charge is 0.481 e. The summed E-state index contributed by atoms with van der Waals surface area (Å²) in [6.45, 7) is 4.86. The van der Waals surface area contributed by atoms with Crippen LogP contribution >= 0.6 is 0 Å². The van der Waals surface area contributed by atoms with Gasteiger partial charge in [0.05, 0.1) is 24.4 Å². The van der Waals surface area contributed by atoms with E-state index in [9.17, 15) is 24.6 Å². The van der Waals surface area contributed by atoms with Crippen LogP contribution in [-0.2, 0) is 27.5 Å². The molecular weight excluding hydrogens is 553 g/mol. The number of hydrogen-bond acceptors (Lipinski definition) is 7. The number of aromatic nitrogens is 1. The summed E-state index contributed by atoms with van der Waals surface area (Å²) in [5, 5.41) is 27.9. The normalized spacial score (nSPS) is 17.2. The molecule has 0 saturated heterocycles. The predicted molar refractivity (Wildman–Crippen MR) is 107 cm³/mol. The second-order valence-corrected chi connectivity index (χ2v) is 7.08. The van der Waals surface area contributed by atoms with Crippen LogP contribution < -0.4 is 0 Å². The first kappa shape index (κ1) is 29.7. The van der Waals surface area contributed by atoms with Gasteiger partial charge in [0.1, 0.15) is 6.04 Å². The Balaban J connectivity index is 0.00000450. The van der Waals surface area contributed by atoms with Gasteiger partial charge in [-0.2, -0.15) is 0 Å². The molecule has 11 nitrogen and oxygen atoms in total. The first-order chi connectivity index (χ1) is 13.8. The molecule has 1 atom stereocenters. The SMILES string of the molecule is CCN1CCN(C(CC(=O)O)C(=O)O)CCN(CC(=O)O)Cc2cccc(n2)C1.O.[Gd+3]. The monoisotopic (exact) mass is 584 g/mol. The molecule has 1 radical (unpaired) electrons. The maximum Gasteiger partial charge on any atom is 3.00 e. The molecule has 0 aromatic carbocycles. The van der Waals surface area contributed by atoms with Gasteiger partial charge in [-0.3, -0.25) is 34.1 Å². The number of nitrogens with zero attached hydrogens (tertiary/aromatic N) is 4. The van der Waals surface area contributed by atoms with E-state index in [-0.39, 0.29) is 65.1 Å². The molecule has 0 spiro atoms. The summed E-state index contributed by atoms with van der Waals surface area (Å²) >= 11 is 0. The van der Waals surface area contributed by atoms with Crippen LogP contribution in [0.4, 0.5) is 0 Å². The number of hydrogen-bond donors (Lipinski definition) is 3. The summed E-state index contributed by atoms with van der Waals surface area (Å²) in [6.07, 6.45) is -0.513. The van der Waals surface area contributed by atoms with Gasteiger partial charge in [0.25, 0.3) is 0 Å². The van der Waals surface area contributed by atoms with Gasteiger partial charge < -0.3 is 20.8 Å². The fourth-order valence-corrected chi connectivity index (χ4v) is 3.42. The standard InChI is InChI=1S/C19H28N4O6.Gd.H2O/c1-2-21-6-8-23(16(19(28)29)10-17(24)25)9-7-22(13-18(26)27)12-15-5-3-4-14(11-21)20-15;;/h3-5,16H,2,6-13H2,1H3,(H,24,25)(H,26,27)(H,28,29);;1H2/q;+3;. The number of carbonyl (C=O) groups is 3. The average Bonchev–Trinajstić information content (AvgIpc) is 2.64. The van der Waals surface area contributed by atoms with Crippen LogP contribution in [-0.4, -0.2) is 104 Å². The van der Waals surface area contributed by atoms with Crippen molar-refractivity contribution in [2.45, 2.75) is 32.5 Å². The van der Waals surface area contributed by atoms with Crippen molar-refractivity contribution in [2.75, 3.05) is 39.3 Å². The third-order valence-corrected chi connectivity index (χ3v) is 4.94. The van der Waals surface area contributed by atoms with Gasteiger partial charge in [-0.15, -0.1) is 0 Å². The molecule has 1 unspecified atom stereocenters. The Bertz CT molecular complexity index is 737. The minimum Gasteiger partial charge on any atom is -0.481 e. The molecule has 0 saturated carbocycles. The van der Waals surface area contributed by atoms with Crippen molar-refractivity contribution in [2.24, 2.45) is 0 Å². The van der Waals surface area contributed by atoms with E-state index in [0.717, 1.165) is 17.9 Å². The number of aliphatic carboxylic acids is 3. The predicted octanol–water partition coefficient (Wildman–Crippen LogP) is -0.791. The first-order valence-electron chi connectivity index (χ1n) is 9.58. The van der Waals surface area contributed by atoms with Gasteiger partial charge in [-0.05, 0) is 18.7 Å². The largest absolute Gasteiger partial charge is 3.00 e. The summed E-state index contributed by atoms with van der Waals surface area (Å²) in [7, 11) is 0. The van der Waals surface area contributed by atoms with Crippen LogP contribution in [0.2, 0.25) is 0 Å². The van der Waals surface area contributed by atoms with Gasteiger partial charge in [0.15, 0.2) is 0 Å². The van der Waals surface area contributed by atoms with Crippen molar-refractivity contribution in [1.29, 1.82) is 0 Å². The summed E-state index contributed by atoms with van der Waals surface area (Å²) in [5.41, 5.74) is 1.60. The first-order valence-corrected chi connectivity index (χ1v) is 9.58. The number of fused-ring (bicyclic) bond motifs is 2. The minimum absolute atomic E-state index is 0. The molecular formula is C19H30GdN4O7+3. The van der Waals surface area contributed by atoms with E-state index in [1.54, 1.807) is 9.80 Å². The Morgan fingerprint density at radius 1 is 0.968 bits per heavy atom. The molecule has 173 valence electrons. The zero-order chi connectivity index (χ0) is 21.4. The summed E-state index contributed by atoms with van der Waals surface area (Å²) in [4.78, 5) is 44.2. The van der Waals surface area contributed by atoms with Crippen LogP contribution in [0.5, 0.6) is 0 Å². The van der Waals surface area contributed by atoms with Crippen molar-refractivity contribution in [3.05, 3.63) is 29.6 Å². The third kappa shape index (κ3) is 10.3. The number of pyridine rings is 1. The van der Waals surface area contributed by atoms with Crippen molar-refractivity contribution in [3.63, 3.8) is 0 Å². The van der Waals surface area contributed by atoms with Gasteiger partial charge in [-0.1, -0.05) is 13.0 Å². The molecule has 5 N–H and O–H groups in total. The topological polar surface area (TPSA) is 166 Å². The molecule has 2 rings (SSSR count). The fraction of sp³-hybridized carbons (Fsp3) is 0.579. The average molecular weight is 584 g/mol. The zero-order valence-corrected chi connectivity index (χ0v) is 19.7. The van der Waals surface area contributed by atoms with Crippen LogP contribution in [0, 0.1) is 39.9 Å². The minimum atomic E-state index is -1.20. The van der Waals surface area contributed by atoms with Crippen molar-refractivity contribution in [3.8, 4) is 0 Å². The molecule has 0 fully saturated rings. The fourth-order valence-electron chi connectivity index (χ4n) is 3.42. The van der Waals surface area contributed by atoms with Gasteiger partial charge in [-0.25, -0.2) is 0 Å². The molecule has 1 aliphatic rings. The molecule has 12 heteroatoms. The van der Waals surface area contributed by atoms with Crippen molar-refractivity contribution < 1.29 is 75.1 Å². The second-order valence-electron chi connectivity index (χ2n) is 7.08. The second kappa shape index (κ2) is 14.7. The Morgan fingerprint density at radius 2 is 1.52 bits per heavy atom. The molecule has 1 aromatic rings. The third-order valence-electron chi connectivity index (χ3n) is 4.94. The van der Waals surface area contributed by atoms with Crippen LogP contribution in [0.3, 0.4) is 0 Å². The summed E-state index contributed by atoms with van der Waals surface area (Å²) < 4.78 is 0. The van der Waals surface area contributed by atoms with Crippen molar-refractivity contribution >= 4 is 17.9 Å². The van der Waals surface area contributed by atoms with E-state index in [4.69, 9.17) is 5.11 Å². The number of carboxylic acid groups (broad SMARTS) is 3.